The molecule has 0 N–H and O–H groups in total. The minimum Gasteiger partial charge on any atom is -0.461 e. The molecule has 0 aromatic heterocycles. The van der Waals surface area contributed by atoms with Crippen LogP contribution in [0.2, 0.25) is 0 Å². The Labute approximate surface area is 115 Å². The second kappa shape index (κ2) is 7.63. The molecule has 0 radical (unpaired) electrons. The molecule has 0 aliphatic rings. The highest BCUT2D eigenvalue weighted by Gasteiger charge is 2.24. The summed E-state index contributed by atoms with van der Waals surface area (Å²) in [5, 5.41) is 10.9. The number of nitrogens with zero attached hydrogens (tertiary/aromatic N) is 1. The van der Waals surface area contributed by atoms with Crippen LogP contribution in [0.5, 0.6) is 0 Å². The van der Waals surface area contributed by atoms with E-state index in [9.17, 15) is 19.7 Å². The summed E-state index contributed by atoms with van der Waals surface area (Å²) in [5.41, 5.74) is -0.140. The topological polar surface area (TPSA) is 86.5 Å². The lowest BCUT2D eigenvalue weighted by molar-refractivity contribution is -0.417. The lowest BCUT2D eigenvalue weighted by Gasteiger charge is -2.00. The molecule has 0 bridgehead atoms. The molecule has 0 aliphatic carbocycles. The van der Waals surface area contributed by atoms with E-state index >= 15 is 0 Å². The molecule has 6 heteroatoms. The average Bonchev–Trinajstić information content (AvgIpc) is 2.43. The molecular weight excluding hydrogens is 262 g/mol. The normalized spacial score (nSPS) is 10.7. The monoisotopic (exact) mass is 275 g/mol. The van der Waals surface area contributed by atoms with Gasteiger partial charge in [0.1, 0.15) is 13.0 Å². The van der Waals surface area contributed by atoms with Gasteiger partial charge in [0.15, 0.2) is 0 Å². The van der Waals surface area contributed by atoms with Crippen LogP contribution in [0.3, 0.4) is 0 Å². The van der Waals surface area contributed by atoms with E-state index in [0.29, 0.717) is 5.56 Å². The molecule has 0 saturated carbocycles. The van der Waals surface area contributed by atoms with Gasteiger partial charge in [0.2, 0.25) is 5.78 Å². The molecule has 1 aromatic carbocycles. The third-order valence-corrected chi connectivity index (χ3v) is 2.25. The summed E-state index contributed by atoms with van der Waals surface area (Å²) in [7, 11) is 0. The number of ketones is 1. The van der Waals surface area contributed by atoms with Crippen LogP contribution in [0.15, 0.2) is 48.7 Å². The lowest BCUT2D eigenvalue weighted by atomic mass is 10.1. The summed E-state index contributed by atoms with van der Waals surface area (Å²) in [6.45, 7) is 3.31. The fourth-order valence-corrected chi connectivity index (χ4v) is 1.37. The van der Waals surface area contributed by atoms with Gasteiger partial charge in [-0.1, -0.05) is 43.0 Å². The van der Waals surface area contributed by atoms with Crippen molar-refractivity contribution in [2.24, 2.45) is 0 Å². The van der Waals surface area contributed by atoms with Gasteiger partial charge in [0, 0.05) is 6.08 Å². The standard InChI is InChI=1S/C14H13NO5/c1-2-8-20-14(17)10-13(16)12(15(18)19)9-11-6-4-3-5-7-11/h2-7,9H,1,8,10H2. The Bertz CT molecular complexity index is 548. The van der Waals surface area contributed by atoms with Crippen LogP contribution in [0.25, 0.3) is 6.08 Å². The van der Waals surface area contributed by atoms with Gasteiger partial charge >= 0.3 is 11.7 Å². The Kier molecular flexibility index (Phi) is 5.83. The summed E-state index contributed by atoms with van der Waals surface area (Å²) < 4.78 is 4.61. The number of hydrogen-bond acceptors (Lipinski definition) is 5. The first-order chi connectivity index (χ1) is 9.54. The van der Waals surface area contributed by atoms with Gasteiger partial charge in [-0.3, -0.25) is 19.7 Å². The zero-order valence-corrected chi connectivity index (χ0v) is 10.7. The second-order valence-corrected chi connectivity index (χ2v) is 3.77. The fourth-order valence-electron chi connectivity index (χ4n) is 1.37. The van der Waals surface area contributed by atoms with Crippen molar-refractivity contribution in [2.75, 3.05) is 6.61 Å². The van der Waals surface area contributed by atoms with E-state index in [1.807, 2.05) is 0 Å². The van der Waals surface area contributed by atoms with Crippen molar-refractivity contribution >= 4 is 17.8 Å². The summed E-state index contributed by atoms with van der Waals surface area (Å²) in [4.78, 5) is 33.1. The zero-order chi connectivity index (χ0) is 15.0. The average molecular weight is 275 g/mol. The van der Waals surface area contributed by atoms with E-state index in [1.165, 1.54) is 6.08 Å². The van der Waals surface area contributed by atoms with Crippen LogP contribution in [0, 0.1) is 10.1 Å². The molecule has 1 rings (SSSR count). The van der Waals surface area contributed by atoms with Crippen molar-refractivity contribution in [2.45, 2.75) is 6.42 Å². The van der Waals surface area contributed by atoms with Crippen molar-refractivity contribution in [1.29, 1.82) is 0 Å². The van der Waals surface area contributed by atoms with Gasteiger partial charge in [-0.15, -0.1) is 0 Å². The number of carbonyl (C=O) groups excluding carboxylic acids is 2. The maximum atomic E-state index is 11.7. The Morgan fingerprint density at radius 1 is 1.30 bits per heavy atom. The van der Waals surface area contributed by atoms with Crippen molar-refractivity contribution in [1.82, 2.24) is 0 Å². The molecule has 0 saturated heterocycles. The first-order valence-corrected chi connectivity index (χ1v) is 5.75. The number of esters is 1. The highest BCUT2D eigenvalue weighted by molar-refractivity contribution is 6.06. The largest absolute Gasteiger partial charge is 0.461 e. The Balaban J connectivity index is 2.84. The zero-order valence-electron chi connectivity index (χ0n) is 10.7. The Hall–Kier alpha value is -2.76. The van der Waals surface area contributed by atoms with E-state index in [0.717, 1.165) is 6.08 Å². The number of carbonyl (C=O) groups is 2. The number of ether oxygens (including phenoxy) is 1. The van der Waals surface area contributed by atoms with E-state index < -0.39 is 28.8 Å². The fraction of sp³-hybridized carbons (Fsp3) is 0.143. The van der Waals surface area contributed by atoms with E-state index in [1.54, 1.807) is 30.3 Å². The summed E-state index contributed by atoms with van der Waals surface area (Å²) >= 11 is 0. The van der Waals surface area contributed by atoms with Crippen molar-refractivity contribution < 1.29 is 19.2 Å². The molecular formula is C14H13NO5. The predicted octanol–water partition coefficient (Wildman–Crippen LogP) is 1.99. The molecule has 0 unspecified atom stereocenters. The predicted molar refractivity (Wildman–Crippen MR) is 72.2 cm³/mol. The van der Waals surface area contributed by atoms with Gasteiger partial charge in [-0.2, -0.15) is 0 Å². The minimum atomic E-state index is -0.895. The quantitative estimate of drug-likeness (QED) is 0.190. The highest BCUT2D eigenvalue weighted by Crippen LogP contribution is 2.10. The van der Waals surface area contributed by atoms with Crippen LogP contribution >= 0.6 is 0 Å². The van der Waals surface area contributed by atoms with Crippen LogP contribution < -0.4 is 0 Å². The van der Waals surface area contributed by atoms with Gasteiger partial charge in [0.25, 0.3) is 0 Å². The Morgan fingerprint density at radius 3 is 2.50 bits per heavy atom. The third kappa shape index (κ3) is 4.85. The number of rotatable bonds is 7. The van der Waals surface area contributed by atoms with E-state index in [-0.39, 0.29) is 6.61 Å². The molecule has 0 heterocycles. The van der Waals surface area contributed by atoms with Gasteiger partial charge < -0.3 is 4.74 Å². The summed E-state index contributed by atoms with van der Waals surface area (Å²) in [5.74, 6) is -1.72. The molecule has 20 heavy (non-hydrogen) atoms. The van der Waals surface area contributed by atoms with Crippen molar-refractivity contribution in [3.05, 3.63) is 64.4 Å². The molecule has 104 valence electrons. The minimum absolute atomic E-state index is 0.0394. The van der Waals surface area contributed by atoms with Gasteiger partial charge in [-0.25, -0.2) is 0 Å². The second-order valence-electron chi connectivity index (χ2n) is 3.77. The van der Waals surface area contributed by atoms with E-state index in [2.05, 4.69) is 11.3 Å². The smallest absolute Gasteiger partial charge is 0.314 e. The first kappa shape index (κ1) is 15.3. The molecule has 6 nitrogen and oxygen atoms in total. The molecule has 0 atom stereocenters. The van der Waals surface area contributed by atoms with Crippen molar-refractivity contribution in [3.8, 4) is 0 Å². The third-order valence-electron chi connectivity index (χ3n) is 2.25. The van der Waals surface area contributed by atoms with Crippen LogP contribution in [0.1, 0.15) is 12.0 Å². The molecule has 0 aliphatic heterocycles. The SMILES string of the molecule is C=CCOC(=O)CC(=O)C(=Cc1ccccc1)[N+](=O)[O-]. The first-order valence-electron chi connectivity index (χ1n) is 5.75. The summed E-state index contributed by atoms with van der Waals surface area (Å²) in [6, 6.07) is 8.36. The highest BCUT2D eigenvalue weighted by atomic mass is 16.6. The number of hydrogen-bond donors (Lipinski definition) is 0. The maximum Gasteiger partial charge on any atom is 0.314 e. The summed E-state index contributed by atoms with van der Waals surface area (Å²) in [6.07, 6.45) is 1.80. The molecule has 0 fully saturated rings. The Morgan fingerprint density at radius 2 is 1.95 bits per heavy atom. The van der Waals surface area contributed by atoms with Crippen LogP contribution in [-0.4, -0.2) is 23.3 Å². The van der Waals surface area contributed by atoms with Gasteiger partial charge in [-0.05, 0) is 5.56 Å². The molecule has 0 spiro atoms. The number of allylic oxidation sites excluding steroid dienone is 1. The maximum absolute atomic E-state index is 11.7. The molecule has 0 amide bonds. The van der Waals surface area contributed by atoms with Crippen LogP contribution in [-0.2, 0) is 14.3 Å². The molecule has 1 aromatic rings. The number of nitro groups is 1. The number of benzene rings is 1. The number of Topliss-reactive ketones (excluding diaryl/α,β-unsaturated/α-hetero) is 1. The van der Waals surface area contributed by atoms with Gasteiger partial charge in [0.05, 0.1) is 4.92 Å². The lowest BCUT2D eigenvalue weighted by Crippen LogP contribution is -2.17. The van der Waals surface area contributed by atoms with Crippen LogP contribution in [0.4, 0.5) is 0 Å². The van der Waals surface area contributed by atoms with E-state index in [4.69, 9.17) is 0 Å². The van der Waals surface area contributed by atoms with Crippen molar-refractivity contribution in [3.63, 3.8) is 0 Å².